The zero-order valence-corrected chi connectivity index (χ0v) is 14.4. The quantitative estimate of drug-likeness (QED) is 0.505. The van der Waals surface area contributed by atoms with Crippen LogP contribution in [0.15, 0.2) is 42.0 Å². The summed E-state index contributed by atoms with van der Waals surface area (Å²) in [6, 6.07) is 10.8. The lowest BCUT2D eigenvalue weighted by Crippen LogP contribution is -2.54. The Morgan fingerprint density at radius 3 is 2.61 bits per heavy atom. The number of rotatable bonds is 2. The second kappa shape index (κ2) is 6.23. The van der Waals surface area contributed by atoms with Crippen molar-refractivity contribution in [2.45, 2.75) is 6.92 Å². The number of nitrogens with zero attached hydrogens (tertiary/aromatic N) is 1. The molecule has 0 bridgehead atoms. The maximum absolute atomic E-state index is 12.8. The van der Waals surface area contributed by atoms with Gasteiger partial charge in [0.05, 0.1) is 10.0 Å². The van der Waals surface area contributed by atoms with Gasteiger partial charge in [0.1, 0.15) is 5.57 Å². The monoisotopic (exact) mass is 362 g/mol. The van der Waals surface area contributed by atoms with Crippen LogP contribution in [0.2, 0.25) is 4.34 Å². The number of carbonyl (C=O) groups excluding carboxylic acids is 2. The van der Waals surface area contributed by atoms with Crippen molar-refractivity contribution in [3.63, 3.8) is 0 Å². The molecule has 0 atom stereocenters. The number of thiophene rings is 1. The molecule has 0 saturated carbocycles. The molecule has 116 valence electrons. The first-order valence-corrected chi connectivity index (χ1v) is 8.30. The molecule has 2 heterocycles. The van der Waals surface area contributed by atoms with Crippen molar-refractivity contribution in [3.8, 4) is 0 Å². The highest BCUT2D eigenvalue weighted by atomic mass is 35.5. The molecule has 1 aliphatic rings. The van der Waals surface area contributed by atoms with Crippen molar-refractivity contribution in [1.82, 2.24) is 5.32 Å². The van der Waals surface area contributed by atoms with Gasteiger partial charge in [-0.3, -0.25) is 19.8 Å². The summed E-state index contributed by atoms with van der Waals surface area (Å²) >= 11 is 12.4. The van der Waals surface area contributed by atoms with Crippen LogP contribution in [0.5, 0.6) is 0 Å². The smallest absolute Gasteiger partial charge is 0.270 e. The maximum Gasteiger partial charge on any atom is 0.270 e. The molecule has 0 unspecified atom stereocenters. The molecule has 1 N–H and O–H groups in total. The lowest BCUT2D eigenvalue weighted by atomic mass is 10.1. The Kier molecular flexibility index (Phi) is 4.30. The standard InChI is InChI=1S/C16H11ClN2O2S2/c1-9-4-2-3-5-12(9)19-15(21)11(14(20)18-16(19)22)8-10-6-7-13(17)23-10/h2-8H,1H3,(H,18,20,22)/b11-8+. The number of hydrogen-bond donors (Lipinski definition) is 1. The van der Waals surface area contributed by atoms with E-state index in [-0.39, 0.29) is 10.7 Å². The summed E-state index contributed by atoms with van der Waals surface area (Å²) in [6.45, 7) is 1.88. The number of carbonyl (C=O) groups is 2. The van der Waals surface area contributed by atoms with Crippen molar-refractivity contribution in [3.05, 3.63) is 56.7 Å². The highest BCUT2D eigenvalue weighted by molar-refractivity contribution is 7.80. The van der Waals surface area contributed by atoms with E-state index in [0.29, 0.717) is 10.0 Å². The number of aryl methyl sites for hydroxylation is 1. The second-order valence-electron chi connectivity index (χ2n) is 4.89. The topological polar surface area (TPSA) is 49.4 Å². The van der Waals surface area contributed by atoms with E-state index < -0.39 is 11.8 Å². The number of hydrogen-bond acceptors (Lipinski definition) is 4. The molecule has 7 heteroatoms. The van der Waals surface area contributed by atoms with E-state index in [9.17, 15) is 9.59 Å². The minimum absolute atomic E-state index is 0.0281. The average molecular weight is 363 g/mol. The Morgan fingerprint density at radius 1 is 1.22 bits per heavy atom. The number of benzene rings is 1. The first-order valence-electron chi connectivity index (χ1n) is 6.70. The van der Waals surface area contributed by atoms with Gasteiger partial charge in [-0.15, -0.1) is 11.3 Å². The van der Waals surface area contributed by atoms with E-state index in [0.717, 1.165) is 10.4 Å². The molecule has 3 rings (SSSR count). The van der Waals surface area contributed by atoms with Gasteiger partial charge in [-0.25, -0.2) is 0 Å². The Balaban J connectivity index is 2.04. The van der Waals surface area contributed by atoms with E-state index in [1.165, 1.54) is 22.3 Å². The van der Waals surface area contributed by atoms with Crippen molar-refractivity contribution >= 4 is 63.8 Å². The summed E-state index contributed by atoms with van der Waals surface area (Å²) in [6.07, 6.45) is 1.53. The molecule has 1 fully saturated rings. The maximum atomic E-state index is 12.8. The van der Waals surface area contributed by atoms with Crippen molar-refractivity contribution in [2.75, 3.05) is 4.90 Å². The molecule has 4 nitrogen and oxygen atoms in total. The fraction of sp³-hybridized carbons (Fsp3) is 0.0625. The fourth-order valence-electron chi connectivity index (χ4n) is 2.24. The Hall–Kier alpha value is -2.02. The summed E-state index contributed by atoms with van der Waals surface area (Å²) < 4.78 is 0.590. The van der Waals surface area contributed by atoms with Crippen LogP contribution in [0.25, 0.3) is 6.08 Å². The van der Waals surface area contributed by atoms with Gasteiger partial charge in [-0.2, -0.15) is 0 Å². The minimum Gasteiger partial charge on any atom is -0.298 e. The average Bonchev–Trinajstić information content (AvgIpc) is 2.91. The molecule has 0 radical (unpaired) electrons. The first-order chi connectivity index (χ1) is 11.0. The molecular weight excluding hydrogens is 352 g/mol. The Morgan fingerprint density at radius 2 is 1.96 bits per heavy atom. The Bertz CT molecular complexity index is 857. The summed E-state index contributed by atoms with van der Waals surface area (Å²) in [5, 5.41) is 2.64. The number of anilines is 1. The van der Waals surface area contributed by atoms with Crippen LogP contribution in [0.4, 0.5) is 5.69 Å². The van der Waals surface area contributed by atoms with Gasteiger partial charge in [0.15, 0.2) is 5.11 Å². The molecule has 1 aromatic heterocycles. The first kappa shape index (κ1) is 15.9. The predicted molar refractivity (Wildman–Crippen MR) is 96.7 cm³/mol. The third-order valence-corrected chi connectivity index (χ3v) is 4.80. The number of halogens is 1. The normalized spacial score (nSPS) is 16.9. The minimum atomic E-state index is -0.505. The van der Waals surface area contributed by atoms with Crippen LogP contribution < -0.4 is 10.2 Å². The molecular formula is C16H11ClN2O2S2. The van der Waals surface area contributed by atoms with Crippen molar-refractivity contribution in [2.24, 2.45) is 0 Å². The summed E-state index contributed by atoms with van der Waals surface area (Å²) in [7, 11) is 0. The third-order valence-electron chi connectivity index (χ3n) is 3.34. The highest BCUT2D eigenvalue weighted by Gasteiger charge is 2.35. The summed E-state index contributed by atoms with van der Waals surface area (Å²) in [5.74, 6) is -0.952. The number of thiocarbonyl (C=S) groups is 1. The van der Waals surface area contributed by atoms with Gasteiger partial charge >= 0.3 is 0 Å². The van der Waals surface area contributed by atoms with Crippen molar-refractivity contribution < 1.29 is 9.59 Å². The lowest BCUT2D eigenvalue weighted by molar-refractivity contribution is -0.122. The van der Waals surface area contributed by atoms with E-state index in [2.05, 4.69) is 5.32 Å². The third kappa shape index (κ3) is 3.06. The molecule has 1 aromatic carbocycles. The van der Waals surface area contributed by atoms with Crippen LogP contribution in [0.1, 0.15) is 10.4 Å². The van der Waals surface area contributed by atoms with Gasteiger partial charge in [-0.05, 0) is 49.0 Å². The van der Waals surface area contributed by atoms with Gasteiger partial charge in [-0.1, -0.05) is 29.8 Å². The van der Waals surface area contributed by atoms with Crippen LogP contribution in [-0.4, -0.2) is 16.9 Å². The molecule has 0 aliphatic carbocycles. The van der Waals surface area contributed by atoms with Crippen molar-refractivity contribution in [1.29, 1.82) is 0 Å². The number of amides is 2. The van der Waals surface area contributed by atoms with Crippen LogP contribution >= 0.6 is 35.2 Å². The molecule has 0 spiro atoms. The SMILES string of the molecule is Cc1ccccc1N1C(=O)/C(=C/c2ccc(Cl)s2)C(=O)NC1=S. The van der Waals surface area contributed by atoms with E-state index >= 15 is 0 Å². The van der Waals surface area contributed by atoms with Gasteiger partial charge in [0.2, 0.25) is 0 Å². The predicted octanol–water partition coefficient (Wildman–Crippen LogP) is 3.54. The highest BCUT2D eigenvalue weighted by Crippen LogP contribution is 2.27. The molecule has 23 heavy (non-hydrogen) atoms. The van der Waals surface area contributed by atoms with Crippen LogP contribution in [-0.2, 0) is 9.59 Å². The van der Waals surface area contributed by atoms with Gasteiger partial charge < -0.3 is 0 Å². The second-order valence-corrected chi connectivity index (χ2v) is 7.02. The lowest BCUT2D eigenvalue weighted by Gasteiger charge is -2.29. The molecule has 1 saturated heterocycles. The summed E-state index contributed by atoms with van der Waals surface area (Å²) in [5.41, 5.74) is 1.57. The van der Waals surface area contributed by atoms with Gasteiger partial charge in [0, 0.05) is 4.88 Å². The van der Waals surface area contributed by atoms with E-state index in [4.69, 9.17) is 23.8 Å². The van der Waals surface area contributed by atoms with E-state index in [1.807, 2.05) is 25.1 Å². The zero-order valence-electron chi connectivity index (χ0n) is 12.0. The molecule has 2 aromatic rings. The number of para-hydroxylation sites is 1. The summed E-state index contributed by atoms with van der Waals surface area (Å²) in [4.78, 5) is 27.0. The molecule has 1 aliphatic heterocycles. The largest absolute Gasteiger partial charge is 0.298 e. The zero-order chi connectivity index (χ0) is 16.6. The number of nitrogens with one attached hydrogen (secondary N) is 1. The Labute approximate surface area is 147 Å². The van der Waals surface area contributed by atoms with E-state index in [1.54, 1.807) is 18.2 Å². The van der Waals surface area contributed by atoms with Crippen LogP contribution in [0, 0.1) is 6.92 Å². The fourth-order valence-corrected chi connectivity index (χ4v) is 3.52. The van der Waals surface area contributed by atoms with Crippen LogP contribution in [0.3, 0.4) is 0 Å². The molecule has 2 amide bonds. The van der Waals surface area contributed by atoms with Gasteiger partial charge in [0.25, 0.3) is 11.8 Å².